The number of hydrogen-bond donors (Lipinski definition) is 0. The van der Waals surface area contributed by atoms with Gasteiger partial charge >= 0.3 is 5.97 Å². The number of carbonyl (C=O) groups is 1. The molecule has 1 aliphatic heterocycles. The Balaban J connectivity index is 2.18. The van der Waals surface area contributed by atoms with E-state index in [0.717, 1.165) is 0 Å². The molecule has 28 heavy (non-hydrogen) atoms. The van der Waals surface area contributed by atoms with Crippen LogP contribution in [0.5, 0.6) is 0 Å². The molecule has 1 aliphatic carbocycles. The van der Waals surface area contributed by atoms with Gasteiger partial charge in [0, 0.05) is 16.8 Å². The fourth-order valence-electron chi connectivity index (χ4n) is 3.64. The van der Waals surface area contributed by atoms with Crippen LogP contribution in [0.1, 0.15) is 26.3 Å². The molecule has 0 aromatic heterocycles. The second-order valence-corrected chi connectivity index (χ2v) is 6.68. The average Bonchev–Trinajstić information content (AvgIpc) is 2.70. The summed E-state index contributed by atoms with van der Waals surface area (Å²) in [6, 6.07) is 13.4. The van der Waals surface area contributed by atoms with Gasteiger partial charge in [-0.1, -0.05) is 36.4 Å². The monoisotopic (exact) mass is 377 g/mol. The third-order valence-electron chi connectivity index (χ3n) is 4.84. The van der Waals surface area contributed by atoms with E-state index < -0.39 is 6.04 Å². The molecule has 1 unspecified atom stereocenters. The summed E-state index contributed by atoms with van der Waals surface area (Å²) in [6.07, 6.45) is 0.0715. The highest BCUT2D eigenvalue weighted by Gasteiger charge is 2.20. The highest BCUT2D eigenvalue weighted by Crippen LogP contribution is 2.22. The third-order valence-corrected chi connectivity index (χ3v) is 4.84. The maximum Gasteiger partial charge on any atom is 0.307 e. The van der Waals surface area contributed by atoms with Gasteiger partial charge in [0.05, 0.1) is 18.5 Å². The number of hydrogen-bond acceptors (Lipinski definition) is 5. The van der Waals surface area contributed by atoms with E-state index >= 15 is 0 Å². The van der Waals surface area contributed by atoms with Crippen LogP contribution in [-0.2, 0) is 9.53 Å². The van der Waals surface area contributed by atoms with Crippen LogP contribution in [0.4, 0.5) is 0 Å². The molecule has 0 saturated heterocycles. The molecule has 0 saturated carbocycles. The van der Waals surface area contributed by atoms with Crippen LogP contribution in [0.3, 0.4) is 0 Å². The first kappa shape index (κ1) is 18.0. The molecular formula is C22H19NO5. The van der Waals surface area contributed by atoms with Gasteiger partial charge in [0.15, 0.2) is 5.58 Å². The Morgan fingerprint density at radius 2 is 1.68 bits per heavy atom. The van der Waals surface area contributed by atoms with E-state index in [0.29, 0.717) is 21.9 Å². The van der Waals surface area contributed by atoms with Crippen LogP contribution >= 0.6 is 0 Å². The second kappa shape index (κ2) is 6.96. The molecule has 2 aromatic carbocycles. The minimum atomic E-state index is -0.406. The first-order chi connectivity index (χ1) is 13.5. The molecular weight excluding hydrogens is 358 g/mol. The average molecular weight is 377 g/mol. The summed E-state index contributed by atoms with van der Waals surface area (Å²) in [5.74, 6) is -0.365. The van der Waals surface area contributed by atoms with Crippen molar-refractivity contribution in [3.05, 3.63) is 79.7 Å². The highest BCUT2D eigenvalue weighted by atomic mass is 16.5. The van der Waals surface area contributed by atoms with Gasteiger partial charge in [-0.2, -0.15) is 0 Å². The molecule has 1 heterocycles. The molecule has 142 valence electrons. The first-order valence-electron chi connectivity index (χ1n) is 9.17. The maximum absolute atomic E-state index is 13.3. The summed E-state index contributed by atoms with van der Waals surface area (Å²) in [7, 11) is 0. The van der Waals surface area contributed by atoms with E-state index in [4.69, 9.17) is 9.15 Å². The molecule has 2 aliphatic rings. The zero-order valence-electron chi connectivity index (χ0n) is 15.6. The molecule has 2 aromatic rings. The fraction of sp³-hybridized carbons (Fsp3) is 0.227. The number of ether oxygens (including phenoxy) is 1. The summed E-state index contributed by atoms with van der Waals surface area (Å²) in [5.41, 5.74) is 0.470. The van der Waals surface area contributed by atoms with E-state index in [1.165, 1.54) is 0 Å². The number of nitrogens with zero attached hydrogens (tertiary/aromatic N) is 1. The van der Waals surface area contributed by atoms with Gasteiger partial charge < -0.3 is 13.7 Å². The number of carbonyl (C=O) groups excluding carboxylic acids is 1. The molecule has 0 amide bonds. The van der Waals surface area contributed by atoms with Crippen LogP contribution in [0.15, 0.2) is 62.5 Å². The van der Waals surface area contributed by atoms with Gasteiger partial charge in [-0.3, -0.25) is 14.4 Å². The Morgan fingerprint density at radius 1 is 1.04 bits per heavy atom. The van der Waals surface area contributed by atoms with Crippen LogP contribution in [0.25, 0.3) is 21.9 Å². The highest BCUT2D eigenvalue weighted by molar-refractivity contribution is 5.82. The molecule has 6 nitrogen and oxygen atoms in total. The third kappa shape index (κ3) is 2.78. The number of rotatable bonds is 4. The van der Waals surface area contributed by atoms with Crippen molar-refractivity contribution in [1.82, 2.24) is 4.57 Å². The molecule has 4 rings (SSSR count). The van der Waals surface area contributed by atoms with Gasteiger partial charge in [0.1, 0.15) is 5.35 Å². The van der Waals surface area contributed by atoms with E-state index in [1.54, 1.807) is 54.0 Å². The molecule has 0 bridgehead atoms. The van der Waals surface area contributed by atoms with Crippen molar-refractivity contribution in [2.45, 2.75) is 26.3 Å². The smallest absolute Gasteiger partial charge is 0.307 e. The topological polar surface area (TPSA) is 78.5 Å². The lowest BCUT2D eigenvalue weighted by molar-refractivity contribution is -0.143. The van der Waals surface area contributed by atoms with Gasteiger partial charge in [-0.15, -0.1) is 0 Å². The molecule has 0 spiro atoms. The Kier molecular flexibility index (Phi) is 4.47. The Morgan fingerprint density at radius 3 is 2.39 bits per heavy atom. The number of fused-ring (bicyclic) bond motifs is 2. The van der Waals surface area contributed by atoms with E-state index in [-0.39, 0.29) is 40.6 Å². The number of benzene rings is 2. The Bertz CT molecular complexity index is 1380. The molecule has 6 heteroatoms. The predicted octanol–water partition coefficient (Wildman–Crippen LogP) is 3.35. The Labute approximate surface area is 159 Å². The number of esters is 1. The van der Waals surface area contributed by atoms with Gasteiger partial charge in [-0.05, 0) is 26.0 Å². The second-order valence-electron chi connectivity index (χ2n) is 6.68. The van der Waals surface area contributed by atoms with E-state index in [9.17, 15) is 14.4 Å². The van der Waals surface area contributed by atoms with Crippen molar-refractivity contribution < 1.29 is 13.9 Å². The van der Waals surface area contributed by atoms with Crippen molar-refractivity contribution in [1.29, 1.82) is 0 Å². The fourth-order valence-corrected chi connectivity index (χ4v) is 3.64. The van der Waals surface area contributed by atoms with Gasteiger partial charge in [0.25, 0.3) is 0 Å². The first-order valence-corrected chi connectivity index (χ1v) is 9.17. The van der Waals surface area contributed by atoms with Gasteiger partial charge in [0.2, 0.25) is 16.3 Å². The minimum absolute atomic E-state index is 0.00175. The molecule has 0 fully saturated rings. The minimum Gasteiger partial charge on any atom is -0.466 e. The lowest BCUT2D eigenvalue weighted by Crippen LogP contribution is -2.24. The lowest BCUT2D eigenvalue weighted by atomic mass is 10.1. The van der Waals surface area contributed by atoms with Crippen LogP contribution in [0.2, 0.25) is 0 Å². The van der Waals surface area contributed by atoms with E-state index in [1.807, 2.05) is 13.0 Å². The quantitative estimate of drug-likeness (QED) is 0.510. The number of para-hydroxylation sites is 2. The standard InChI is InChI=1S/C22H19NO5/c1-3-27-18(24)12-13(2)23-16-10-6-7-11-17(16)28-22-19(23)20(25)14-8-4-5-9-15(14)21(22)26/h4-11,13H,3,12H2,1-2H3. The van der Waals surface area contributed by atoms with E-state index in [2.05, 4.69) is 0 Å². The van der Waals surface area contributed by atoms with Gasteiger partial charge in [-0.25, -0.2) is 0 Å². The molecule has 0 N–H and O–H groups in total. The summed E-state index contributed by atoms with van der Waals surface area (Å²) in [6.45, 7) is 3.85. The Hall–Kier alpha value is -3.41. The van der Waals surface area contributed by atoms with Crippen LogP contribution in [0, 0.1) is 10.8 Å². The summed E-state index contributed by atoms with van der Waals surface area (Å²) >= 11 is 0. The van der Waals surface area contributed by atoms with Crippen molar-refractivity contribution in [3.63, 3.8) is 0 Å². The summed E-state index contributed by atoms with van der Waals surface area (Å²) in [5, 5.41) is 0.824. The maximum atomic E-state index is 13.3. The zero-order chi connectivity index (χ0) is 19.8. The SMILES string of the molecule is CCOC(=O)CC(C)n1c2c(=O)c3ccccc3c(=O)c=2oc2ccccc21. The summed E-state index contributed by atoms with van der Waals surface area (Å²) in [4.78, 5) is 38.4. The normalized spacial score (nSPS) is 12.5. The zero-order valence-corrected chi connectivity index (χ0v) is 15.6. The van der Waals surface area contributed by atoms with Crippen LogP contribution in [-0.4, -0.2) is 17.1 Å². The summed E-state index contributed by atoms with van der Waals surface area (Å²) < 4.78 is 12.6. The van der Waals surface area contributed by atoms with Crippen LogP contribution < -0.4 is 10.9 Å². The van der Waals surface area contributed by atoms with Crippen molar-refractivity contribution in [3.8, 4) is 0 Å². The van der Waals surface area contributed by atoms with Crippen molar-refractivity contribution >= 4 is 27.8 Å². The predicted molar refractivity (Wildman–Crippen MR) is 106 cm³/mol. The lowest BCUT2D eigenvalue weighted by Gasteiger charge is -2.19. The molecule has 0 radical (unpaired) electrons. The van der Waals surface area contributed by atoms with Crippen molar-refractivity contribution in [2.24, 2.45) is 0 Å². The van der Waals surface area contributed by atoms with Crippen molar-refractivity contribution in [2.75, 3.05) is 6.61 Å². The molecule has 1 atom stereocenters. The largest absolute Gasteiger partial charge is 0.466 e. The number of aromatic nitrogens is 1.